The standard InChI is InChI=1S/C15H25N3OS.2ClH/c1-10-9-20-13(17-10)11-6-5-7-18(8-11)14(19)12(16)15(2,3)4;;/h9,11-12H,5-8,16H2,1-4H3;2*1H/t11?,12-;;/m1../s1. The quantitative estimate of drug-likeness (QED) is 0.871. The Bertz CT molecular complexity index is 487. The molecule has 0 radical (unpaired) electrons. The van der Waals surface area contributed by atoms with Crippen LogP contribution in [0.3, 0.4) is 0 Å². The van der Waals surface area contributed by atoms with Crippen LogP contribution < -0.4 is 5.73 Å². The van der Waals surface area contributed by atoms with Crippen molar-refractivity contribution in [3.63, 3.8) is 0 Å². The first-order valence-corrected chi connectivity index (χ1v) is 8.13. The Hall–Kier alpha value is -0.360. The maximum Gasteiger partial charge on any atom is 0.240 e. The molecule has 7 heteroatoms. The number of carbonyl (C=O) groups is 1. The largest absolute Gasteiger partial charge is 0.341 e. The molecule has 1 amide bonds. The van der Waals surface area contributed by atoms with E-state index in [2.05, 4.69) is 10.4 Å². The molecule has 1 aliphatic rings. The van der Waals surface area contributed by atoms with Crippen molar-refractivity contribution in [2.24, 2.45) is 11.1 Å². The third-order valence-electron chi connectivity index (χ3n) is 3.92. The minimum atomic E-state index is -0.431. The molecule has 2 N–H and O–H groups in total. The fourth-order valence-corrected chi connectivity index (χ4v) is 3.43. The van der Waals surface area contributed by atoms with E-state index in [1.54, 1.807) is 11.3 Å². The van der Waals surface area contributed by atoms with E-state index in [4.69, 9.17) is 5.73 Å². The van der Waals surface area contributed by atoms with Crippen LogP contribution in [-0.4, -0.2) is 34.9 Å². The molecule has 1 aromatic rings. The summed E-state index contributed by atoms with van der Waals surface area (Å²) in [5.74, 6) is 0.453. The summed E-state index contributed by atoms with van der Waals surface area (Å²) in [5, 5.41) is 3.24. The van der Waals surface area contributed by atoms with Crippen LogP contribution in [0.5, 0.6) is 0 Å². The summed E-state index contributed by atoms with van der Waals surface area (Å²) in [6, 6.07) is -0.431. The Labute approximate surface area is 149 Å². The molecule has 0 bridgehead atoms. The third-order valence-corrected chi connectivity index (χ3v) is 5.04. The third kappa shape index (κ3) is 5.08. The SMILES string of the molecule is Cc1csc(C2CCCN(C(=O)[C@@H](N)C(C)(C)C)C2)n1.Cl.Cl. The highest BCUT2D eigenvalue weighted by molar-refractivity contribution is 7.09. The van der Waals surface area contributed by atoms with E-state index >= 15 is 0 Å². The molecule has 0 saturated carbocycles. The van der Waals surface area contributed by atoms with Gasteiger partial charge in [-0.25, -0.2) is 4.98 Å². The summed E-state index contributed by atoms with van der Waals surface area (Å²) >= 11 is 1.70. The van der Waals surface area contributed by atoms with Gasteiger partial charge in [-0.05, 0) is 25.2 Å². The van der Waals surface area contributed by atoms with Crippen molar-refractivity contribution < 1.29 is 4.79 Å². The normalized spacial score (nSPS) is 19.9. The van der Waals surface area contributed by atoms with Crippen molar-refractivity contribution in [3.05, 3.63) is 16.1 Å². The van der Waals surface area contributed by atoms with Crippen LogP contribution in [0.2, 0.25) is 0 Å². The highest BCUT2D eigenvalue weighted by Gasteiger charge is 2.34. The number of hydrogen-bond acceptors (Lipinski definition) is 4. The second-order valence-electron chi connectivity index (χ2n) is 6.79. The average molecular weight is 368 g/mol. The zero-order valence-electron chi connectivity index (χ0n) is 13.7. The number of halogens is 2. The number of likely N-dealkylation sites (tertiary alicyclic amines) is 1. The summed E-state index contributed by atoms with van der Waals surface area (Å²) in [6.45, 7) is 9.64. The van der Waals surface area contributed by atoms with E-state index in [1.165, 1.54) is 0 Å². The highest BCUT2D eigenvalue weighted by atomic mass is 35.5. The topological polar surface area (TPSA) is 59.2 Å². The number of rotatable bonds is 2. The van der Waals surface area contributed by atoms with E-state index in [0.717, 1.165) is 36.6 Å². The van der Waals surface area contributed by atoms with Crippen molar-refractivity contribution in [2.45, 2.75) is 52.5 Å². The van der Waals surface area contributed by atoms with Crippen LogP contribution in [-0.2, 0) is 4.79 Å². The Balaban J connectivity index is 0.00000220. The minimum absolute atomic E-state index is 0. The first-order valence-electron chi connectivity index (χ1n) is 7.25. The van der Waals surface area contributed by atoms with Gasteiger partial charge >= 0.3 is 0 Å². The van der Waals surface area contributed by atoms with E-state index in [0.29, 0.717) is 5.92 Å². The molecule has 1 fully saturated rings. The van der Waals surface area contributed by atoms with Gasteiger partial charge < -0.3 is 10.6 Å². The van der Waals surface area contributed by atoms with Crippen LogP contribution in [0, 0.1) is 12.3 Å². The van der Waals surface area contributed by atoms with Gasteiger partial charge in [-0.1, -0.05) is 20.8 Å². The number of aromatic nitrogens is 1. The van der Waals surface area contributed by atoms with Crippen molar-refractivity contribution in [2.75, 3.05) is 13.1 Å². The molecule has 4 nitrogen and oxygen atoms in total. The minimum Gasteiger partial charge on any atom is -0.341 e. The molecule has 1 unspecified atom stereocenters. The van der Waals surface area contributed by atoms with Gasteiger partial charge in [-0.2, -0.15) is 0 Å². The monoisotopic (exact) mass is 367 g/mol. The average Bonchev–Trinajstić information content (AvgIpc) is 2.83. The first-order chi connectivity index (χ1) is 9.29. The molecule has 22 heavy (non-hydrogen) atoms. The predicted molar refractivity (Wildman–Crippen MR) is 97.3 cm³/mol. The van der Waals surface area contributed by atoms with Crippen LogP contribution in [0.1, 0.15) is 50.2 Å². The van der Waals surface area contributed by atoms with Gasteiger partial charge in [0.1, 0.15) is 0 Å². The molecule has 1 saturated heterocycles. The smallest absolute Gasteiger partial charge is 0.240 e. The van der Waals surface area contributed by atoms with Crippen LogP contribution in [0.4, 0.5) is 0 Å². The van der Waals surface area contributed by atoms with Gasteiger partial charge in [0.25, 0.3) is 0 Å². The summed E-state index contributed by atoms with van der Waals surface area (Å²) in [5.41, 5.74) is 6.99. The molecular formula is C15H27Cl2N3OS. The molecule has 0 aromatic carbocycles. The molecule has 1 aromatic heterocycles. The van der Waals surface area contributed by atoms with E-state index in [9.17, 15) is 4.79 Å². The lowest BCUT2D eigenvalue weighted by molar-refractivity contribution is -0.136. The van der Waals surface area contributed by atoms with Crippen molar-refractivity contribution in [1.82, 2.24) is 9.88 Å². The Morgan fingerprint density at radius 2 is 2.09 bits per heavy atom. The zero-order chi connectivity index (χ0) is 14.9. The number of nitrogens with two attached hydrogens (primary N) is 1. The zero-order valence-corrected chi connectivity index (χ0v) is 16.1. The Morgan fingerprint density at radius 1 is 1.45 bits per heavy atom. The van der Waals surface area contributed by atoms with Gasteiger partial charge in [0.05, 0.1) is 11.0 Å². The van der Waals surface area contributed by atoms with Crippen molar-refractivity contribution in [1.29, 1.82) is 0 Å². The lowest BCUT2D eigenvalue weighted by Gasteiger charge is -2.36. The molecule has 2 heterocycles. The fourth-order valence-electron chi connectivity index (χ4n) is 2.51. The Kier molecular flexibility index (Phi) is 8.34. The summed E-state index contributed by atoms with van der Waals surface area (Å²) in [4.78, 5) is 19.0. The van der Waals surface area contributed by atoms with Gasteiger partial charge in [0, 0.05) is 30.1 Å². The predicted octanol–water partition coefficient (Wildman–Crippen LogP) is 3.37. The second-order valence-corrected chi connectivity index (χ2v) is 7.68. The highest BCUT2D eigenvalue weighted by Crippen LogP contribution is 2.30. The maximum atomic E-state index is 12.5. The number of thiazole rings is 1. The molecule has 0 aliphatic carbocycles. The first kappa shape index (κ1) is 21.6. The molecule has 0 spiro atoms. The Morgan fingerprint density at radius 3 is 2.59 bits per heavy atom. The molecular weight excluding hydrogens is 341 g/mol. The number of nitrogens with zero attached hydrogens (tertiary/aromatic N) is 2. The number of piperidine rings is 1. The molecule has 2 atom stereocenters. The summed E-state index contributed by atoms with van der Waals surface area (Å²) in [7, 11) is 0. The van der Waals surface area contributed by atoms with Crippen LogP contribution >= 0.6 is 36.2 Å². The maximum absolute atomic E-state index is 12.5. The van der Waals surface area contributed by atoms with Crippen LogP contribution in [0.25, 0.3) is 0 Å². The van der Waals surface area contributed by atoms with Crippen LogP contribution in [0.15, 0.2) is 5.38 Å². The van der Waals surface area contributed by atoms with Gasteiger partial charge in [0.2, 0.25) is 5.91 Å². The number of aryl methyl sites for hydroxylation is 1. The molecule has 128 valence electrons. The summed E-state index contributed by atoms with van der Waals surface area (Å²) < 4.78 is 0. The van der Waals surface area contributed by atoms with E-state index < -0.39 is 6.04 Å². The molecule has 2 rings (SSSR count). The van der Waals surface area contributed by atoms with Gasteiger partial charge in [0.15, 0.2) is 0 Å². The van der Waals surface area contributed by atoms with Crippen molar-refractivity contribution >= 4 is 42.1 Å². The lowest BCUT2D eigenvalue weighted by atomic mass is 9.86. The van der Waals surface area contributed by atoms with Gasteiger partial charge in [-0.15, -0.1) is 36.2 Å². The van der Waals surface area contributed by atoms with E-state index in [-0.39, 0.29) is 36.1 Å². The second kappa shape index (κ2) is 8.48. The number of amides is 1. The fraction of sp³-hybridized carbons (Fsp3) is 0.733. The van der Waals surface area contributed by atoms with E-state index in [1.807, 2.05) is 32.6 Å². The molecule has 1 aliphatic heterocycles. The number of hydrogen-bond donors (Lipinski definition) is 1. The number of carbonyl (C=O) groups excluding carboxylic acids is 1. The van der Waals surface area contributed by atoms with Gasteiger partial charge in [-0.3, -0.25) is 4.79 Å². The lowest BCUT2D eigenvalue weighted by Crippen LogP contribution is -2.52. The summed E-state index contributed by atoms with van der Waals surface area (Å²) in [6.07, 6.45) is 2.15. The van der Waals surface area contributed by atoms with Crippen molar-refractivity contribution in [3.8, 4) is 0 Å².